The second-order valence-corrected chi connectivity index (χ2v) is 6.37. The van der Waals surface area contributed by atoms with Crippen LogP contribution in [0.3, 0.4) is 0 Å². The molecule has 0 heterocycles. The zero-order chi connectivity index (χ0) is 15.5. The van der Waals surface area contributed by atoms with Gasteiger partial charge in [-0.05, 0) is 42.3 Å². The van der Waals surface area contributed by atoms with Crippen molar-refractivity contribution in [1.29, 1.82) is 0 Å². The number of rotatable bonds is 5. The Bertz CT molecular complexity index is 748. The molecule has 0 amide bonds. The molecule has 0 aliphatic rings. The van der Waals surface area contributed by atoms with Gasteiger partial charge in [0.2, 0.25) is 0 Å². The molecule has 0 saturated carbocycles. The maximum absolute atomic E-state index is 11.0. The maximum Gasteiger partial charge on any atom is 0.296 e. The number of hydrogen-bond donors (Lipinski definition) is 3. The molecule has 0 spiro atoms. The van der Waals surface area contributed by atoms with Crippen molar-refractivity contribution in [3.05, 3.63) is 58.6 Å². The van der Waals surface area contributed by atoms with Crippen molar-refractivity contribution >= 4 is 33.2 Å². The number of nitrogens with two attached hydrogens (primary N) is 1. The Kier molecular flexibility index (Phi) is 4.72. The standard InChI is InChI=1S/C14H16ClN3O2S/c1-10-5-6-11(7-14(10)15)9-17-12-3-2-4-13(8-12)18-21(16,19)20/h2-8,17-18H,9H2,1H3,(H2,16,19,20). The van der Waals surface area contributed by atoms with Gasteiger partial charge < -0.3 is 5.32 Å². The summed E-state index contributed by atoms with van der Waals surface area (Å²) in [6, 6.07) is 12.7. The SMILES string of the molecule is Cc1ccc(CNc2cccc(NS(N)(=O)=O)c2)cc1Cl. The predicted molar refractivity (Wildman–Crippen MR) is 86.7 cm³/mol. The molecule has 112 valence electrons. The Morgan fingerprint density at radius 3 is 2.52 bits per heavy atom. The molecule has 0 radical (unpaired) electrons. The van der Waals surface area contributed by atoms with E-state index in [1.807, 2.05) is 31.2 Å². The van der Waals surface area contributed by atoms with Gasteiger partial charge in [0.25, 0.3) is 10.2 Å². The van der Waals surface area contributed by atoms with Gasteiger partial charge in [0.1, 0.15) is 0 Å². The summed E-state index contributed by atoms with van der Waals surface area (Å²) >= 11 is 6.08. The van der Waals surface area contributed by atoms with Crippen LogP contribution in [0.25, 0.3) is 0 Å². The van der Waals surface area contributed by atoms with Crippen LogP contribution in [0.5, 0.6) is 0 Å². The van der Waals surface area contributed by atoms with Crippen molar-refractivity contribution in [3.63, 3.8) is 0 Å². The van der Waals surface area contributed by atoms with Gasteiger partial charge >= 0.3 is 0 Å². The van der Waals surface area contributed by atoms with Crippen molar-refractivity contribution in [2.75, 3.05) is 10.0 Å². The Morgan fingerprint density at radius 2 is 1.86 bits per heavy atom. The number of hydrogen-bond acceptors (Lipinski definition) is 3. The van der Waals surface area contributed by atoms with Crippen molar-refractivity contribution in [1.82, 2.24) is 0 Å². The summed E-state index contributed by atoms with van der Waals surface area (Å²) in [6.07, 6.45) is 0. The molecule has 2 aromatic carbocycles. The van der Waals surface area contributed by atoms with Crippen molar-refractivity contribution < 1.29 is 8.42 Å². The third-order valence-corrected chi connectivity index (χ3v) is 3.78. The Hall–Kier alpha value is -1.76. The van der Waals surface area contributed by atoms with Crippen LogP contribution in [-0.4, -0.2) is 8.42 Å². The van der Waals surface area contributed by atoms with Gasteiger partial charge in [0, 0.05) is 17.3 Å². The average Bonchev–Trinajstić information content (AvgIpc) is 2.39. The lowest BCUT2D eigenvalue weighted by molar-refractivity contribution is 0.603. The van der Waals surface area contributed by atoms with Crippen LogP contribution < -0.4 is 15.2 Å². The third kappa shape index (κ3) is 4.93. The molecule has 0 aliphatic heterocycles. The van der Waals surface area contributed by atoms with Crippen LogP contribution in [0.4, 0.5) is 11.4 Å². The molecule has 0 aliphatic carbocycles. The van der Waals surface area contributed by atoms with Crippen LogP contribution >= 0.6 is 11.6 Å². The van der Waals surface area contributed by atoms with Gasteiger partial charge in [-0.25, -0.2) is 5.14 Å². The monoisotopic (exact) mass is 325 g/mol. The van der Waals surface area contributed by atoms with Gasteiger partial charge in [0.15, 0.2) is 0 Å². The first kappa shape index (κ1) is 15.6. The number of benzene rings is 2. The lowest BCUT2D eigenvalue weighted by Crippen LogP contribution is -2.21. The second-order valence-electron chi connectivity index (χ2n) is 4.66. The van der Waals surface area contributed by atoms with E-state index in [0.717, 1.165) is 21.8 Å². The van der Waals surface area contributed by atoms with Gasteiger partial charge in [-0.1, -0.05) is 29.8 Å². The first-order valence-electron chi connectivity index (χ1n) is 6.23. The van der Waals surface area contributed by atoms with Crippen molar-refractivity contribution in [2.45, 2.75) is 13.5 Å². The normalized spacial score (nSPS) is 11.2. The fourth-order valence-corrected chi connectivity index (χ4v) is 2.47. The molecular weight excluding hydrogens is 310 g/mol. The lowest BCUT2D eigenvalue weighted by Gasteiger charge is -2.10. The zero-order valence-corrected chi connectivity index (χ0v) is 13.0. The Labute approximate surface area is 129 Å². The molecular formula is C14H16ClN3O2S. The molecule has 0 saturated heterocycles. The number of nitrogens with one attached hydrogen (secondary N) is 2. The molecule has 0 atom stereocenters. The highest BCUT2D eigenvalue weighted by atomic mass is 35.5. The summed E-state index contributed by atoms with van der Waals surface area (Å²) in [7, 11) is -3.77. The Balaban J connectivity index is 2.06. The summed E-state index contributed by atoms with van der Waals surface area (Å²) in [5.74, 6) is 0. The van der Waals surface area contributed by atoms with Crippen LogP contribution in [-0.2, 0) is 16.8 Å². The third-order valence-electron chi connectivity index (χ3n) is 2.86. The minimum Gasteiger partial charge on any atom is -0.381 e. The minimum absolute atomic E-state index is 0.407. The zero-order valence-electron chi connectivity index (χ0n) is 11.4. The molecule has 0 fully saturated rings. The summed E-state index contributed by atoms with van der Waals surface area (Å²) in [5.41, 5.74) is 3.25. The highest BCUT2D eigenvalue weighted by molar-refractivity contribution is 7.90. The van der Waals surface area contributed by atoms with E-state index in [0.29, 0.717) is 12.2 Å². The number of halogens is 1. The molecule has 2 aromatic rings. The van der Waals surface area contributed by atoms with Gasteiger partial charge in [0.05, 0.1) is 5.69 Å². The van der Waals surface area contributed by atoms with E-state index in [4.69, 9.17) is 16.7 Å². The lowest BCUT2D eigenvalue weighted by atomic mass is 10.1. The largest absolute Gasteiger partial charge is 0.381 e. The van der Waals surface area contributed by atoms with E-state index in [2.05, 4.69) is 10.0 Å². The van der Waals surface area contributed by atoms with E-state index < -0.39 is 10.2 Å². The number of aryl methyl sites for hydroxylation is 1. The van der Waals surface area contributed by atoms with Crippen LogP contribution in [0.1, 0.15) is 11.1 Å². The second kappa shape index (κ2) is 6.34. The Morgan fingerprint density at radius 1 is 1.14 bits per heavy atom. The maximum atomic E-state index is 11.0. The van der Waals surface area contributed by atoms with Gasteiger partial charge in [-0.15, -0.1) is 0 Å². The molecule has 4 N–H and O–H groups in total. The molecule has 21 heavy (non-hydrogen) atoms. The van der Waals surface area contributed by atoms with E-state index in [1.54, 1.807) is 18.2 Å². The molecule has 2 rings (SSSR count). The van der Waals surface area contributed by atoms with E-state index in [9.17, 15) is 8.42 Å². The average molecular weight is 326 g/mol. The fraction of sp³-hybridized carbons (Fsp3) is 0.143. The summed E-state index contributed by atoms with van der Waals surface area (Å²) in [5, 5.41) is 8.86. The topological polar surface area (TPSA) is 84.2 Å². The quantitative estimate of drug-likeness (QED) is 0.790. The number of anilines is 2. The van der Waals surface area contributed by atoms with E-state index in [-0.39, 0.29) is 0 Å². The molecule has 0 unspecified atom stereocenters. The smallest absolute Gasteiger partial charge is 0.296 e. The highest BCUT2D eigenvalue weighted by Crippen LogP contribution is 2.19. The summed E-state index contributed by atoms with van der Waals surface area (Å²) in [6.45, 7) is 2.53. The van der Waals surface area contributed by atoms with Crippen molar-refractivity contribution in [2.24, 2.45) is 5.14 Å². The van der Waals surface area contributed by atoms with E-state index in [1.165, 1.54) is 0 Å². The van der Waals surface area contributed by atoms with Gasteiger partial charge in [-0.2, -0.15) is 8.42 Å². The molecule has 5 nitrogen and oxygen atoms in total. The first-order valence-corrected chi connectivity index (χ1v) is 8.15. The molecule has 7 heteroatoms. The fourth-order valence-electron chi connectivity index (χ4n) is 1.81. The molecule has 0 aromatic heterocycles. The highest BCUT2D eigenvalue weighted by Gasteiger charge is 2.03. The van der Waals surface area contributed by atoms with E-state index >= 15 is 0 Å². The van der Waals surface area contributed by atoms with Crippen LogP contribution in [0, 0.1) is 6.92 Å². The summed E-state index contributed by atoms with van der Waals surface area (Å²) in [4.78, 5) is 0. The van der Waals surface area contributed by atoms with Crippen LogP contribution in [0.15, 0.2) is 42.5 Å². The predicted octanol–water partition coefficient (Wildman–Crippen LogP) is 2.88. The van der Waals surface area contributed by atoms with Gasteiger partial charge in [-0.3, -0.25) is 4.72 Å². The van der Waals surface area contributed by atoms with Crippen LogP contribution in [0.2, 0.25) is 5.02 Å². The molecule has 0 bridgehead atoms. The van der Waals surface area contributed by atoms with Crippen molar-refractivity contribution in [3.8, 4) is 0 Å². The first-order chi connectivity index (χ1) is 9.83. The summed E-state index contributed by atoms with van der Waals surface area (Å²) < 4.78 is 24.2. The minimum atomic E-state index is -3.77.